The first-order valence-electron chi connectivity index (χ1n) is 5.67. The van der Waals surface area contributed by atoms with Crippen LogP contribution in [0.15, 0.2) is 24.3 Å². The van der Waals surface area contributed by atoms with E-state index in [0.29, 0.717) is 12.8 Å². The Morgan fingerprint density at radius 2 is 2.19 bits per heavy atom. The lowest BCUT2D eigenvalue weighted by atomic mass is 10.0. The lowest BCUT2D eigenvalue weighted by Gasteiger charge is -2.16. The largest absolute Gasteiger partial charge is 0.307 e. The van der Waals surface area contributed by atoms with Crippen LogP contribution in [0.3, 0.4) is 0 Å². The van der Waals surface area contributed by atoms with Gasteiger partial charge in [0.15, 0.2) is 0 Å². The summed E-state index contributed by atoms with van der Waals surface area (Å²) in [5, 5.41) is 3.93. The fraction of sp³-hybridized carbons (Fsp3) is 0.462. The summed E-state index contributed by atoms with van der Waals surface area (Å²) in [5.74, 6) is 0.252. The van der Waals surface area contributed by atoms with Crippen molar-refractivity contribution in [2.75, 3.05) is 6.54 Å². The number of Topliss-reactive ketones (excluding diaryl/α,β-unsaturated/α-hetero) is 1. The average molecular weight is 240 g/mol. The zero-order valence-corrected chi connectivity index (χ0v) is 10.6. The van der Waals surface area contributed by atoms with E-state index in [1.807, 2.05) is 38.1 Å². The third-order valence-corrected chi connectivity index (χ3v) is 2.75. The van der Waals surface area contributed by atoms with Gasteiger partial charge in [-0.25, -0.2) is 0 Å². The molecule has 1 N–H and O–H groups in total. The summed E-state index contributed by atoms with van der Waals surface area (Å²) >= 11 is 5.91. The second-order valence-corrected chi connectivity index (χ2v) is 4.20. The van der Waals surface area contributed by atoms with Gasteiger partial charge in [-0.15, -0.1) is 0 Å². The third-order valence-electron chi connectivity index (χ3n) is 2.52. The zero-order valence-electron chi connectivity index (χ0n) is 9.79. The molecule has 1 aromatic rings. The second kappa shape index (κ2) is 6.66. The maximum Gasteiger partial charge on any atom is 0.149 e. The summed E-state index contributed by atoms with van der Waals surface area (Å²) in [6, 6.07) is 7.58. The molecule has 0 saturated heterocycles. The van der Waals surface area contributed by atoms with Crippen LogP contribution in [-0.2, 0) is 11.2 Å². The second-order valence-electron chi connectivity index (χ2n) is 3.76. The molecule has 0 unspecified atom stereocenters. The Morgan fingerprint density at radius 3 is 2.75 bits per heavy atom. The SMILES string of the molecule is CCN[C@@H](Cc1cccc(Cl)c1)C(=O)CC. The minimum absolute atomic E-state index is 0.0894. The number of carbonyl (C=O) groups excluding carboxylic acids is 1. The molecule has 0 fully saturated rings. The highest BCUT2D eigenvalue weighted by molar-refractivity contribution is 6.30. The Bertz CT molecular complexity index is 352. The molecule has 0 saturated carbocycles. The molecule has 0 aromatic heterocycles. The van der Waals surface area contributed by atoms with Crippen LogP contribution in [0, 0.1) is 0 Å². The Hall–Kier alpha value is -0.860. The van der Waals surface area contributed by atoms with Gasteiger partial charge in [-0.1, -0.05) is 37.6 Å². The van der Waals surface area contributed by atoms with E-state index in [1.165, 1.54) is 0 Å². The molecule has 1 atom stereocenters. The molecule has 0 bridgehead atoms. The smallest absolute Gasteiger partial charge is 0.149 e. The Balaban J connectivity index is 2.71. The van der Waals surface area contributed by atoms with Gasteiger partial charge in [-0.2, -0.15) is 0 Å². The van der Waals surface area contributed by atoms with Crippen molar-refractivity contribution in [1.82, 2.24) is 5.32 Å². The summed E-state index contributed by atoms with van der Waals surface area (Å²) in [6.45, 7) is 4.70. The van der Waals surface area contributed by atoms with Crippen LogP contribution in [0.25, 0.3) is 0 Å². The van der Waals surface area contributed by atoms with Crippen LogP contribution in [0.4, 0.5) is 0 Å². The van der Waals surface area contributed by atoms with Crippen molar-refractivity contribution >= 4 is 17.4 Å². The molecule has 1 rings (SSSR count). The molecule has 0 spiro atoms. The number of carbonyl (C=O) groups is 1. The van der Waals surface area contributed by atoms with Gasteiger partial charge >= 0.3 is 0 Å². The number of benzene rings is 1. The predicted octanol–water partition coefficient (Wildman–Crippen LogP) is 2.84. The number of halogens is 1. The van der Waals surface area contributed by atoms with Gasteiger partial charge in [0, 0.05) is 11.4 Å². The van der Waals surface area contributed by atoms with Crippen molar-refractivity contribution in [2.24, 2.45) is 0 Å². The van der Waals surface area contributed by atoms with Gasteiger partial charge in [0.2, 0.25) is 0 Å². The van der Waals surface area contributed by atoms with Crippen molar-refractivity contribution in [3.63, 3.8) is 0 Å². The number of nitrogens with one attached hydrogen (secondary N) is 1. The molecule has 0 amide bonds. The highest BCUT2D eigenvalue weighted by Gasteiger charge is 2.15. The lowest BCUT2D eigenvalue weighted by Crippen LogP contribution is -2.38. The fourth-order valence-electron chi connectivity index (χ4n) is 1.69. The standard InChI is InChI=1S/C13H18ClNO/c1-3-13(16)12(15-4-2)9-10-6-5-7-11(14)8-10/h5-8,12,15H,3-4,9H2,1-2H3/t12-/m0/s1. The van der Waals surface area contributed by atoms with E-state index < -0.39 is 0 Å². The third kappa shape index (κ3) is 3.95. The quantitative estimate of drug-likeness (QED) is 0.827. The van der Waals surface area contributed by atoms with E-state index in [0.717, 1.165) is 17.1 Å². The maximum absolute atomic E-state index is 11.7. The lowest BCUT2D eigenvalue weighted by molar-refractivity contribution is -0.120. The molecule has 1 aromatic carbocycles. The van der Waals surface area contributed by atoms with E-state index in [4.69, 9.17) is 11.6 Å². The molecule has 0 radical (unpaired) electrons. The minimum Gasteiger partial charge on any atom is -0.307 e. The molecule has 16 heavy (non-hydrogen) atoms. The molecule has 2 nitrogen and oxygen atoms in total. The summed E-state index contributed by atoms with van der Waals surface area (Å²) in [5.41, 5.74) is 1.10. The minimum atomic E-state index is -0.0894. The van der Waals surface area contributed by atoms with Crippen molar-refractivity contribution in [1.29, 1.82) is 0 Å². The summed E-state index contributed by atoms with van der Waals surface area (Å²) in [6.07, 6.45) is 1.28. The van der Waals surface area contributed by atoms with Crippen molar-refractivity contribution in [3.8, 4) is 0 Å². The van der Waals surface area contributed by atoms with Crippen molar-refractivity contribution < 1.29 is 4.79 Å². The van der Waals surface area contributed by atoms with Gasteiger partial charge in [0.05, 0.1) is 6.04 Å². The molecule has 0 aliphatic heterocycles. The number of likely N-dealkylation sites (N-methyl/N-ethyl adjacent to an activating group) is 1. The predicted molar refractivity (Wildman–Crippen MR) is 67.9 cm³/mol. The summed E-state index contributed by atoms with van der Waals surface area (Å²) < 4.78 is 0. The van der Waals surface area contributed by atoms with Crippen LogP contribution in [0.5, 0.6) is 0 Å². The normalized spacial score (nSPS) is 12.4. The van der Waals surface area contributed by atoms with Crippen molar-refractivity contribution in [2.45, 2.75) is 32.7 Å². The van der Waals surface area contributed by atoms with Crippen LogP contribution in [0.1, 0.15) is 25.8 Å². The van der Waals surface area contributed by atoms with E-state index >= 15 is 0 Å². The summed E-state index contributed by atoms with van der Waals surface area (Å²) in [7, 11) is 0. The van der Waals surface area contributed by atoms with Gasteiger partial charge in [0.1, 0.15) is 5.78 Å². The topological polar surface area (TPSA) is 29.1 Å². The Morgan fingerprint density at radius 1 is 1.44 bits per heavy atom. The first-order chi connectivity index (χ1) is 7.67. The first-order valence-corrected chi connectivity index (χ1v) is 6.05. The molecule has 0 aliphatic carbocycles. The number of hydrogen-bond acceptors (Lipinski definition) is 2. The van der Waals surface area contributed by atoms with E-state index in [-0.39, 0.29) is 11.8 Å². The van der Waals surface area contributed by atoms with Gasteiger partial charge in [0.25, 0.3) is 0 Å². The van der Waals surface area contributed by atoms with Crippen LogP contribution >= 0.6 is 11.6 Å². The highest BCUT2D eigenvalue weighted by atomic mass is 35.5. The summed E-state index contributed by atoms with van der Waals surface area (Å²) in [4.78, 5) is 11.7. The Labute approximate surface area is 102 Å². The fourth-order valence-corrected chi connectivity index (χ4v) is 1.91. The van der Waals surface area contributed by atoms with E-state index in [2.05, 4.69) is 5.32 Å². The van der Waals surface area contributed by atoms with Gasteiger partial charge < -0.3 is 5.32 Å². The monoisotopic (exact) mass is 239 g/mol. The van der Waals surface area contributed by atoms with Crippen LogP contribution in [0.2, 0.25) is 5.02 Å². The number of hydrogen-bond donors (Lipinski definition) is 1. The molecular weight excluding hydrogens is 222 g/mol. The van der Waals surface area contributed by atoms with Crippen LogP contribution < -0.4 is 5.32 Å². The molecule has 3 heteroatoms. The first kappa shape index (κ1) is 13.2. The molecular formula is C13H18ClNO. The number of rotatable bonds is 6. The van der Waals surface area contributed by atoms with E-state index in [1.54, 1.807) is 0 Å². The zero-order chi connectivity index (χ0) is 12.0. The average Bonchev–Trinajstić information content (AvgIpc) is 2.27. The van der Waals surface area contributed by atoms with Crippen molar-refractivity contribution in [3.05, 3.63) is 34.9 Å². The molecule has 88 valence electrons. The molecule has 0 aliphatic rings. The van der Waals surface area contributed by atoms with Gasteiger partial charge in [-0.3, -0.25) is 4.79 Å². The molecule has 0 heterocycles. The maximum atomic E-state index is 11.7. The van der Waals surface area contributed by atoms with E-state index in [9.17, 15) is 4.79 Å². The Kier molecular flexibility index (Phi) is 5.50. The number of ketones is 1. The highest BCUT2D eigenvalue weighted by Crippen LogP contribution is 2.13. The van der Waals surface area contributed by atoms with Crippen LogP contribution in [-0.4, -0.2) is 18.4 Å². The van der Waals surface area contributed by atoms with Gasteiger partial charge in [-0.05, 0) is 30.7 Å².